The Morgan fingerprint density at radius 2 is 1.83 bits per heavy atom. The molecule has 2 aliphatic heterocycles. The van der Waals surface area contributed by atoms with Crippen LogP contribution in [-0.4, -0.2) is 87.3 Å². The zero-order valence-electron chi connectivity index (χ0n) is 27.4. The summed E-state index contributed by atoms with van der Waals surface area (Å²) in [5.41, 5.74) is 7.31. The predicted molar refractivity (Wildman–Crippen MR) is 194 cm³/mol. The van der Waals surface area contributed by atoms with Gasteiger partial charge in [-0.2, -0.15) is 10.1 Å². The summed E-state index contributed by atoms with van der Waals surface area (Å²) in [4.78, 5) is 23.5. The third kappa shape index (κ3) is 5.82. The highest BCUT2D eigenvalue weighted by atomic mass is 79.9. The minimum atomic E-state index is -2.76. The van der Waals surface area contributed by atoms with Gasteiger partial charge in [-0.25, -0.2) is 4.98 Å². The number of aromatic nitrogens is 6. The molecule has 12 nitrogen and oxygen atoms in total. The number of rotatable bonds is 9. The molecule has 1 saturated carbocycles. The molecule has 1 aliphatic carbocycles. The van der Waals surface area contributed by atoms with Crippen LogP contribution in [0.3, 0.4) is 0 Å². The van der Waals surface area contributed by atoms with Crippen molar-refractivity contribution in [3.8, 4) is 16.9 Å². The molecule has 8 rings (SSSR count). The molecule has 0 unspecified atom stereocenters. The molecule has 3 aliphatic rings. The van der Waals surface area contributed by atoms with Crippen LogP contribution in [0.2, 0.25) is 0 Å². The molecular weight excluding hydrogens is 691 g/mol. The average molecular weight is 730 g/mol. The van der Waals surface area contributed by atoms with Gasteiger partial charge >= 0.3 is 0 Å². The largest absolute Gasteiger partial charge is 0.494 e. The summed E-state index contributed by atoms with van der Waals surface area (Å²) in [6.45, 7) is 7.80. The number of nitrogens with one attached hydrogen (secondary N) is 2. The van der Waals surface area contributed by atoms with E-state index in [4.69, 9.17) is 9.72 Å². The van der Waals surface area contributed by atoms with E-state index >= 15 is 0 Å². The smallest absolute Gasteiger partial charge is 0.229 e. The Hall–Kier alpha value is -4.06. The van der Waals surface area contributed by atoms with Gasteiger partial charge in [0, 0.05) is 86.8 Å². The fourth-order valence-electron chi connectivity index (χ4n) is 6.98. The third-order valence-corrected chi connectivity index (χ3v) is 11.7. The van der Waals surface area contributed by atoms with Gasteiger partial charge in [0.2, 0.25) is 5.95 Å². The van der Waals surface area contributed by atoms with E-state index in [-0.39, 0.29) is 0 Å². The summed E-state index contributed by atoms with van der Waals surface area (Å²) >= 11 is 3.60. The standard InChI is InChI=1S/C34H38BrN10O2P/c1-43-28-9-12-45(21-18-44(19-21)17-20-5-6-20)29-14-30(47-2)27(13-22(29)23(28)15-39-43)41-34-38-16-24(35)33(42-34)40-26-8-7-25-31(37-11-10-36-25)32(26)48(3,4)46/h7-8,10-11,13-16,20-21H,5-6,9,12,17-19H2,1-4H3,(H2,38,40,41,42). The van der Waals surface area contributed by atoms with E-state index in [1.807, 2.05) is 30.1 Å². The minimum Gasteiger partial charge on any atom is -0.494 e. The molecule has 14 heteroatoms. The molecule has 0 atom stereocenters. The summed E-state index contributed by atoms with van der Waals surface area (Å²) in [6, 6.07) is 8.47. The topological polar surface area (TPSA) is 126 Å². The molecule has 0 amide bonds. The number of likely N-dealkylation sites (tertiary alicyclic amines) is 1. The number of aryl methyl sites for hydroxylation is 1. The van der Waals surface area contributed by atoms with Gasteiger partial charge in [0.1, 0.15) is 24.2 Å². The van der Waals surface area contributed by atoms with Crippen molar-refractivity contribution in [2.75, 3.05) is 62.2 Å². The van der Waals surface area contributed by atoms with E-state index in [1.54, 1.807) is 39.0 Å². The number of halogens is 1. The molecule has 0 bridgehead atoms. The second-order valence-corrected chi connectivity index (χ2v) is 17.3. The molecule has 1 saturated heterocycles. The fourth-order valence-corrected chi connectivity index (χ4v) is 8.67. The first-order valence-corrected chi connectivity index (χ1v) is 19.6. The number of hydrogen-bond acceptors (Lipinski definition) is 11. The van der Waals surface area contributed by atoms with Crippen LogP contribution in [0.4, 0.5) is 28.8 Å². The van der Waals surface area contributed by atoms with E-state index in [9.17, 15) is 4.57 Å². The highest BCUT2D eigenvalue weighted by Gasteiger charge is 2.38. The monoisotopic (exact) mass is 728 g/mol. The van der Waals surface area contributed by atoms with E-state index in [1.165, 1.54) is 25.1 Å². The van der Waals surface area contributed by atoms with Crippen LogP contribution in [-0.2, 0) is 18.0 Å². The molecule has 2 N–H and O–H groups in total. The van der Waals surface area contributed by atoms with Crippen LogP contribution in [0.5, 0.6) is 5.75 Å². The van der Waals surface area contributed by atoms with E-state index < -0.39 is 7.14 Å². The fraction of sp³-hybridized carbons (Fsp3) is 0.382. The summed E-state index contributed by atoms with van der Waals surface area (Å²) in [5, 5.41) is 12.1. The Bertz CT molecular complexity index is 2090. The van der Waals surface area contributed by atoms with Crippen molar-refractivity contribution in [2.45, 2.75) is 25.3 Å². The van der Waals surface area contributed by atoms with Crippen molar-refractivity contribution in [1.29, 1.82) is 0 Å². The Labute approximate surface area is 287 Å². The van der Waals surface area contributed by atoms with Crippen LogP contribution in [0, 0.1) is 5.92 Å². The summed E-state index contributed by atoms with van der Waals surface area (Å²) in [6.07, 6.45) is 10.6. The Balaban J connectivity index is 1.13. The number of ether oxygens (including phenoxy) is 1. The van der Waals surface area contributed by atoms with Crippen LogP contribution < -0.4 is 25.6 Å². The molecular formula is C34H38BrN10O2P. The zero-order chi connectivity index (χ0) is 33.2. The number of hydrogen-bond donors (Lipinski definition) is 2. The molecule has 5 heterocycles. The average Bonchev–Trinajstić information content (AvgIpc) is 3.82. The Morgan fingerprint density at radius 3 is 2.60 bits per heavy atom. The molecule has 48 heavy (non-hydrogen) atoms. The predicted octanol–water partition coefficient (Wildman–Crippen LogP) is 5.78. The van der Waals surface area contributed by atoms with Crippen molar-refractivity contribution < 1.29 is 9.30 Å². The van der Waals surface area contributed by atoms with E-state index in [2.05, 4.69) is 68.5 Å². The van der Waals surface area contributed by atoms with Crippen LogP contribution in [0.25, 0.3) is 22.2 Å². The van der Waals surface area contributed by atoms with Gasteiger partial charge in [-0.15, -0.1) is 0 Å². The third-order valence-electron chi connectivity index (χ3n) is 9.56. The number of nitrogens with zero attached hydrogens (tertiary/aromatic N) is 8. The van der Waals surface area contributed by atoms with Crippen molar-refractivity contribution in [2.24, 2.45) is 13.0 Å². The first kappa shape index (κ1) is 31.2. The lowest BCUT2D eigenvalue weighted by Gasteiger charge is -2.47. The lowest BCUT2D eigenvalue weighted by Crippen LogP contribution is -2.60. The molecule has 2 aromatic carbocycles. The van der Waals surface area contributed by atoms with E-state index in [0.717, 1.165) is 54.5 Å². The van der Waals surface area contributed by atoms with Crippen molar-refractivity contribution in [3.05, 3.63) is 59.2 Å². The van der Waals surface area contributed by atoms with Gasteiger partial charge < -0.3 is 24.8 Å². The summed E-state index contributed by atoms with van der Waals surface area (Å²) in [5.74, 6) is 2.49. The summed E-state index contributed by atoms with van der Waals surface area (Å²) in [7, 11) is 0.953. The van der Waals surface area contributed by atoms with E-state index in [0.29, 0.717) is 50.1 Å². The maximum absolute atomic E-state index is 13.5. The second kappa shape index (κ2) is 12.1. The maximum atomic E-state index is 13.5. The van der Waals surface area contributed by atoms with Gasteiger partial charge in [0.05, 0.1) is 46.0 Å². The van der Waals surface area contributed by atoms with Gasteiger partial charge in [0.25, 0.3) is 0 Å². The normalized spacial score (nSPS) is 16.6. The number of benzene rings is 2. The molecule has 5 aromatic rings. The molecule has 248 valence electrons. The highest BCUT2D eigenvalue weighted by Crippen LogP contribution is 2.45. The Morgan fingerprint density at radius 1 is 1.02 bits per heavy atom. The van der Waals surface area contributed by atoms with Crippen LogP contribution >= 0.6 is 23.1 Å². The summed E-state index contributed by atoms with van der Waals surface area (Å²) < 4.78 is 22.1. The van der Waals surface area contributed by atoms with Gasteiger partial charge in [-0.1, -0.05) is 0 Å². The minimum absolute atomic E-state index is 0.379. The molecule has 3 aromatic heterocycles. The number of methoxy groups -OCH3 is 1. The lowest BCUT2D eigenvalue weighted by atomic mass is 10.0. The lowest BCUT2D eigenvalue weighted by molar-refractivity contribution is 0.138. The number of anilines is 5. The molecule has 0 radical (unpaired) electrons. The van der Waals surface area contributed by atoms with Crippen LogP contribution in [0.1, 0.15) is 18.5 Å². The highest BCUT2D eigenvalue weighted by molar-refractivity contribution is 9.10. The van der Waals surface area contributed by atoms with Crippen molar-refractivity contribution in [1.82, 2.24) is 34.6 Å². The number of fused-ring (bicyclic) bond motifs is 4. The molecule has 2 fully saturated rings. The van der Waals surface area contributed by atoms with Gasteiger partial charge in [0.15, 0.2) is 0 Å². The quantitative estimate of drug-likeness (QED) is 0.179. The molecule has 0 spiro atoms. The first-order chi connectivity index (χ1) is 23.2. The SMILES string of the molecule is COc1cc2c(cc1Nc1ncc(Br)c(Nc3ccc4nccnc4c3P(C)(C)=O)n1)-c1cnn(C)c1CCN2C1CN(CC2CC2)C1. The Kier molecular flexibility index (Phi) is 7.88. The van der Waals surface area contributed by atoms with Gasteiger partial charge in [-0.05, 0) is 66.2 Å². The maximum Gasteiger partial charge on any atom is 0.229 e. The van der Waals surface area contributed by atoms with Gasteiger partial charge in [-0.3, -0.25) is 19.5 Å². The first-order valence-electron chi connectivity index (χ1n) is 16.2. The van der Waals surface area contributed by atoms with Crippen LogP contribution in [0.15, 0.2) is 53.5 Å². The zero-order valence-corrected chi connectivity index (χ0v) is 29.9. The van der Waals surface area contributed by atoms with Crippen molar-refractivity contribution >= 4 is 68.2 Å². The van der Waals surface area contributed by atoms with Crippen molar-refractivity contribution in [3.63, 3.8) is 0 Å². The second-order valence-electron chi connectivity index (χ2n) is 13.3.